The summed E-state index contributed by atoms with van der Waals surface area (Å²) in [6.45, 7) is 15.5. The number of amides is 1. The van der Waals surface area contributed by atoms with Gasteiger partial charge in [-0.3, -0.25) is 9.69 Å². The normalized spacial score (nSPS) is 34.5. The third kappa shape index (κ3) is 12.4. The van der Waals surface area contributed by atoms with E-state index in [-0.39, 0.29) is 55.3 Å². The largest absolute Gasteiger partial charge is 0.457 e. The van der Waals surface area contributed by atoms with Gasteiger partial charge in [-0.05, 0) is 57.1 Å². The molecule has 2 fully saturated rings. The third-order valence-electron chi connectivity index (χ3n) is 9.38. The van der Waals surface area contributed by atoms with E-state index in [1.54, 1.807) is 19.1 Å². The minimum absolute atomic E-state index is 0.0939. The number of epoxide rings is 1. The van der Waals surface area contributed by atoms with Crippen LogP contribution < -0.4 is 5.32 Å². The van der Waals surface area contributed by atoms with Gasteiger partial charge < -0.3 is 39.6 Å². The van der Waals surface area contributed by atoms with E-state index in [1.165, 1.54) is 0 Å². The average Bonchev–Trinajstić information content (AvgIpc) is 3.78. The quantitative estimate of drug-likeness (QED) is 0.107. The lowest BCUT2D eigenvalue weighted by Crippen LogP contribution is -2.46. The van der Waals surface area contributed by atoms with Crippen molar-refractivity contribution in [2.75, 3.05) is 39.4 Å². The molecule has 2 saturated heterocycles. The molecule has 0 saturated carbocycles. The van der Waals surface area contributed by atoms with Crippen LogP contribution in [0, 0.1) is 17.8 Å². The molecule has 3 aliphatic heterocycles. The first-order chi connectivity index (χ1) is 21.8. The van der Waals surface area contributed by atoms with E-state index < -0.39 is 36.0 Å². The maximum Gasteiger partial charge on any atom is 0.407 e. The Morgan fingerprint density at radius 2 is 1.98 bits per heavy atom. The number of hydrogen-bond acceptors (Lipinski definition) is 10. The van der Waals surface area contributed by atoms with E-state index >= 15 is 0 Å². The van der Waals surface area contributed by atoms with E-state index in [0.29, 0.717) is 32.7 Å². The van der Waals surface area contributed by atoms with Gasteiger partial charge in [0.15, 0.2) is 6.10 Å². The zero-order chi connectivity index (χ0) is 33.9. The maximum absolute atomic E-state index is 12.8. The number of alkyl carbamates (subject to hydrolysis) is 1. The molecule has 10 unspecified atom stereocenters. The van der Waals surface area contributed by atoms with Gasteiger partial charge in [-0.15, -0.1) is 0 Å². The molecule has 1 amide bonds. The summed E-state index contributed by atoms with van der Waals surface area (Å²) >= 11 is 0. The van der Waals surface area contributed by atoms with Crippen LogP contribution in [0.4, 0.5) is 4.79 Å². The second kappa shape index (κ2) is 18.3. The van der Waals surface area contributed by atoms with Gasteiger partial charge in [0.05, 0.1) is 44.1 Å². The van der Waals surface area contributed by atoms with Crippen LogP contribution >= 0.6 is 0 Å². The summed E-state index contributed by atoms with van der Waals surface area (Å²) in [7, 11) is 0. The van der Waals surface area contributed by atoms with E-state index in [4.69, 9.17) is 18.9 Å². The average molecular weight is 651 g/mol. The van der Waals surface area contributed by atoms with Crippen LogP contribution in [-0.4, -0.2) is 114 Å². The van der Waals surface area contributed by atoms with Crippen molar-refractivity contribution in [2.45, 2.75) is 116 Å². The van der Waals surface area contributed by atoms with E-state index in [0.717, 1.165) is 25.1 Å². The van der Waals surface area contributed by atoms with Gasteiger partial charge in [0, 0.05) is 38.0 Å². The standard InChI is InChI=1S/C35H58N2O9/c1-7-28(39)26(5)33-29(44-33)21-23(2)9-8-10-24(3)32-25(4)11-12-30(35(6,42)14-13-27(38)22-31(40)46-32)45-34(41)36-15-16-37-17-19-43-20-18-37/h8-12,23,25-30,32-33,38-39,42H,7,13-22H2,1-6H3,(H,36,41)/b9-8+,12-11-,24-10+. The molecule has 0 aliphatic carbocycles. The summed E-state index contributed by atoms with van der Waals surface area (Å²) in [5, 5.41) is 34.8. The summed E-state index contributed by atoms with van der Waals surface area (Å²) in [6.07, 6.45) is 7.63. The van der Waals surface area contributed by atoms with Crippen molar-refractivity contribution in [1.82, 2.24) is 10.2 Å². The molecule has 10 atom stereocenters. The fraction of sp³-hybridized carbons (Fsp3) is 0.771. The molecule has 3 aliphatic rings. The van der Waals surface area contributed by atoms with Crippen LogP contribution in [0.15, 0.2) is 36.0 Å². The molecule has 0 radical (unpaired) electrons. The van der Waals surface area contributed by atoms with Crippen LogP contribution in [-0.2, 0) is 23.7 Å². The van der Waals surface area contributed by atoms with Crippen LogP contribution in [0.3, 0.4) is 0 Å². The maximum atomic E-state index is 12.8. The second-order valence-corrected chi connectivity index (χ2v) is 13.6. The molecule has 11 nitrogen and oxygen atoms in total. The van der Waals surface area contributed by atoms with Crippen molar-refractivity contribution < 1.29 is 43.9 Å². The first-order valence-corrected chi connectivity index (χ1v) is 17.0. The number of nitrogens with one attached hydrogen (secondary N) is 1. The molecule has 262 valence electrons. The van der Waals surface area contributed by atoms with Crippen molar-refractivity contribution in [1.29, 1.82) is 0 Å². The van der Waals surface area contributed by atoms with E-state index in [2.05, 4.69) is 23.2 Å². The van der Waals surface area contributed by atoms with Crippen LogP contribution in [0.2, 0.25) is 0 Å². The van der Waals surface area contributed by atoms with Gasteiger partial charge in [0.25, 0.3) is 0 Å². The Morgan fingerprint density at radius 1 is 1.26 bits per heavy atom. The first-order valence-electron chi connectivity index (χ1n) is 17.0. The first kappa shape index (κ1) is 38.2. The van der Waals surface area contributed by atoms with Gasteiger partial charge in [0.2, 0.25) is 0 Å². The number of morpholine rings is 1. The Labute approximate surface area is 275 Å². The Bertz CT molecular complexity index is 1050. The number of nitrogens with zero attached hydrogens (tertiary/aromatic N) is 1. The SMILES string of the molecule is CCC(O)C(C)C1OC1CC(C)/C=C/C=C(\C)C1OC(=O)CC(O)CCC(C)(O)C(OC(=O)NCCN2CCOCC2)/C=C\C1C. The summed E-state index contributed by atoms with van der Waals surface area (Å²) in [5.74, 6) is -0.478. The second-order valence-electron chi connectivity index (χ2n) is 13.6. The molecular weight excluding hydrogens is 592 g/mol. The molecule has 0 bridgehead atoms. The third-order valence-corrected chi connectivity index (χ3v) is 9.38. The zero-order valence-electron chi connectivity index (χ0n) is 28.6. The zero-order valence-corrected chi connectivity index (χ0v) is 28.6. The molecule has 11 heteroatoms. The van der Waals surface area contributed by atoms with Crippen LogP contribution in [0.25, 0.3) is 0 Å². The fourth-order valence-corrected chi connectivity index (χ4v) is 6.08. The summed E-state index contributed by atoms with van der Waals surface area (Å²) in [4.78, 5) is 27.7. The van der Waals surface area contributed by atoms with Crippen molar-refractivity contribution in [2.24, 2.45) is 17.8 Å². The summed E-state index contributed by atoms with van der Waals surface area (Å²) in [5.41, 5.74) is -0.663. The minimum Gasteiger partial charge on any atom is -0.457 e. The van der Waals surface area contributed by atoms with Gasteiger partial charge in [0.1, 0.15) is 11.7 Å². The Hall–Kier alpha value is -2.28. The highest BCUT2D eigenvalue weighted by Crippen LogP contribution is 2.36. The van der Waals surface area contributed by atoms with Gasteiger partial charge >= 0.3 is 12.1 Å². The number of esters is 1. The Morgan fingerprint density at radius 3 is 2.67 bits per heavy atom. The lowest BCUT2D eigenvalue weighted by Gasteiger charge is -2.33. The predicted molar refractivity (Wildman–Crippen MR) is 175 cm³/mol. The number of aliphatic hydroxyl groups excluding tert-OH is 2. The highest BCUT2D eigenvalue weighted by atomic mass is 16.6. The summed E-state index contributed by atoms with van der Waals surface area (Å²) in [6, 6.07) is 0. The number of cyclic esters (lactones) is 1. The number of rotatable bonds is 12. The molecule has 3 rings (SSSR count). The highest BCUT2D eigenvalue weighted by molar-refractivity contribution is 5.70. The number of carbonyl (C=O) groups excluding carboxylic acids is 2. The number of ether oxygens (including phenoxy) is 4. The molecule has 46 heavy (non-hydrogen) atoms. The molecule has 0 aromatic carbocycles. The van der Waals surface area contributed by atoms with E-state index in [1.807, 2.05) is 39.8 Å². The number of allylic oxidation sites excluding steroid dienone is 3. The minimum atomic E-state index is -1.47. The van der Waals surface area contributed by atoms with Crippen molar-refractivity contribution in [3.8, 4) is 0 Å². The fourth-order valence-electron chi connectivity index (χ4n) is 6.08. The van der Waals surface area contributed by atoms with E-state index in [9.17, 15) is 24.9 Å². The smallest absolute Gasteiger partial charge is 0.407 e. The molecule has 0 aromatic heterocycles. The molecule has 0 aromatic rings. The van der Waals surface area contributed by atoms with Crippen molar-refractivity contribution >= 4 is 12.1 Å². The molecule has 3 heterocycles. The van der Waals surface area contributed by atoms with Gasteiger partial charge in [-0.25, -0.2) is 4.79 Å². The lowest BCUT2D eigenvalue weighted by atomic mass is 9.88. The van der Waals surface area contributed by atoms with Crippen LogP contribution in [0.5, 0.6) is 0 Å². The molecule has 4 N–H and O–H groups in total. The summed E-state index contributed by atoms with van der Waals surface area (Å²) < 4.78 is 22.8. The number of carbonyl (C=O) groups is 2. The topological polar surface area (TPSA) is 150 Å². The molecule has 0 spiro atoms. The lowest BCUT2D eigenvalue weighted by molar-refractivity contribution is -0.151. The monoisotopic (exact) mass is 650 g/mol. The van der Waals surface area contributed by atoms with Gasteiger partial charge in [-0.2, -0.15) is 0 Å². The number of aliphatic hydroxyl groups is 3. The highest BCUT2D eigenvalue weighted by Gasteiger charge is 2.45. The predicted octanol–water partition coefficient (Wildman–Crippen LogP) is 3.52. The molecular formula is C35H58N2O9. The van der Waals surface area contributed by atoms with Crippen molar-refractivity contribution in [3.05, 3.63) is 36.0 Å². The Balaban J connectivity index is 1.65. The van der Waals surface area contributed by atoms with Gasteiger partial charge in [-0.1, -0.05) is 52.0 Å². The number of hydrogen-bond donors (Lipinski definition) is 4. The van der Waals surface area contributed by atoms with Crippen LogP contribution in [0.1, 0.15) is 73.6 Å². The Kier molecular flexibility index (Phi) is 15.2. The van der Waals surface area contributed by atoms with Crippen molar-refractivity contribution in [3.63, 3.8) is 0 Å².